The fourth-order valence-electron chi connectivity index (χ4n) is 3.31. The van der Waals surface area contributed by atoms with E-state index in [1.54, 1.807) is 0 Å². The summed E-state index contributed by atoms with van der Waals surface area (Å²) in [4.78, 5) is 14.8. The minimum atomic E-state index is -0.0293. The molecular formula is C20H19N3O. The number of para-hydroxylation sites is 1. The molecule has 4 rings (SSSR count). The lowest BCUT2D eigenvalue weighted by Gasteiger charge is -2.21. The van der Waals surface area contributed by atoms with Crippen molar-refractivity contribution >= 4 is 11.6 Å². The molecule has 24 heavy (non-hydrogen) atoms. The summed E-state index contributed by atoms with van der Waals surface area (Å²) in [5.41, 5.74) is 5.74. The lowest BCUT2D eigenvalue weighted by Crippen LogP contribution is -2.35. The molecule has 0 bridgehead atoms. The third kappa shape index (κ3) is 2.40. The number of rotatable bonds is 2. The van der Waals surface area contributed by atoms with Gasteiger partial charge in [0.1, 0.15) is 5.69 Å². The van der Waals surface area contributed by atoms with Crippen LogP contribution in [0, 0.1) is 6.92 Å². The standard InChI is InChI=1S/C20H19N3O/c1-13-7-9-15(10-8-13)17-12-18(22-21-17)20(24)23-14(2)11-16-5-3-4-6-19(16)23/h3-10,12,14H,11H2,1-2H3,(H,21,22)/t14-/m0/s1. The molecule has 0 saturated heterocycles. The van der Waals surface area contributed by atoms with E-state index >= 15 is 0 Å². The van der Waals surface area contributed by atoms with E-state index in [-0.39, 0.29) is 11.9 Å². The van der Waals surface area contributed by atoms with Gasteiger partial charge < -0.3 is 4.90 Å². The summed E-state index contributed by atoms with van der Waals surface area (Å²) in [5, 5.41) is 7.22. The zero-order valence-corrected chi connectivity index (χ0v) is 13.8. The molecule has 0 spiro atoms. The molecule has 120 valence electrons. The zero-order chi connectivity index (χ0) is 16.7. The maximum absolute atomic E-state index is 13.0. The first-order chi connectivity index (χ1) is 11.6. The average molecular weight is 317 g/mol. The molecule has 4 heteroatoms. The second-order valence-corrected chi connectivity index (χ2v) is 6.39. The molecule has 4 nitrogen and oxygen atoms in total. The largest absolute Gasteiger partial charge is 0.304 e. The monoisotopic (exact) mass is 317 g/mol. The minimum Gasteiger partial charge on any atom is -0.304 e. The van der Waals surface area contributed by atoms with Gasteiger partial charge in [-0.1, -0.05) is 48.0 Å². The number of aromatic nitrogens is 2. The van der Waals surface area contributed by atoms with E-state index in [4.69, 9.17) is 0 Å². The van der Waals surface area contributed by atoms with Crippen LogP contribution in [0.2, 0.25) is 0 Å². The predicted molar refractivity (Wildman–Crippen MR) is 95.2 cm³/mol. The third-order valence-electron chi connectivity index (χ3n) is 4.58. The lowest BCUT2D eigenvalue weighted by atomic mass is 10.1. The van der Waals surface area contributed by atoms with Crippen LogP contribution in [0.4, 0.5) is 5.69 Å². The second kappa shape index (κ2) is 5.64. The smallest absolute Gasteiger partial charge is 0.276 e. The van der Waals surface area contributed by atoms with E-state index in [2.05, 4.69) is 30.1 Å². The molecule has 0 saturated carbocycles. The molecule has 2 heterocycles. The minimum absolute atomic E-state index is 0.0293. The van der Waals surface area contributed by atoms with Gasteiger partial charge in [-0.25, -0.2) is 0 Å². The molecule has 0 unspecified atom stereocenters. The van der Waals surface area contributed by atoms with Crippen molar-refractivity contribution in [3.63, 3.8) is 0 Å². The van der Waals surface area contributed by atoms with Crippen molar-refractivity contribution in [3.8, 4) is 11.3 Å². The molecule has 1 N–H and O–H groups in total. The van der Waals surface area contributed by atoms with Crippen LogP contribution in [0.3, 0.4) is 0 Å². The van der Waals surface area contributed by atoms with E-state index in [0.29, 0.717) is 5.69 Å². The number of amides is 1. The molecule has 1 atom stereocenters. The normalized spacial score (nSPS) is 16.2. The van der Waals surface area contributed by atoms with Crippen molar-refractivity contribution in [2.45, 2.75) is 26.3 Å². The van der Waals surface area contributed by atoms with Crippen LogP contribution in [-0.4, -0.2) is 22.1 Å². The number of anilines is 1. The number of aryl methyl sites for hydroxylation is 1. The Bertz CT molecular complexity index is 895. The Balaban J connectivity index is 1.65. The summed E-state index contributed by atoms with van der Waals surface area (Å²) in [6.45, 7) is 4.13. The summed E-state index contributed by atoms with van der Waals surface area (Å²) in [6.07, 6.45) is 0.890. The average Bonchev–Trinajstić information content (AvgIpc) is 3.19. The quantitative estimate of drug-likeness (QED) is 0.777. The first kappa shape index (κ1) is 14.7. The lowest BCUT2D eigenvalue weighted by molar-refractivity contribution is 0.0976. The molecule has 1 aromatic heterocycles. The Morgan fingerprint density at radius 2 is 1.92 bits per heavy atom. The van der Waals surface area contributed by atoms with Gasteiger partial charge in [0.15, 0.2) is 0 Å². The van der Waals surface area contributed by atoms with Gasteiger partial charge in [0.2, 0.25) is 0 Å². The van der Waals surface area contributed by atoms with E-state index in [1.165, 1.54) is 11.1 Å². The Hall–Kier alpha value is -2.88. The van der Waals surface area contributed by atoms with Crippen LogP contribution in [-0.2, 0) is 6.42 Å². The van der Waals surface area contributed by atoms with Crippen molar-refractivity contribution < 1.29 is 4.79 Å². The molecule has 3 aromatic rings. The van der Waals surface area contributed by atoms with Gasteiger partial charge in [-0.15, -0.1) is 0 Å². The van der Waals surface area contributed by atoms with Crippen molar-refractivity contribution in [2.75, 3.05) is 4.90 Å². The molecule has 0 radical (unpaired) electrons. The molecule has 0 fully saturated rings. The number of carbonyl (C=O) groups is 1. The summed E-state index contributed by atoms with van der Waals surface area (Å²) >= 11 is 0. The summed E-state index contributed by atoms with van der Waals surface area (Å²) < 4.78 is 0. The van der Waals surface area contributed by atoms with Crippen molar-refractivity contribution in [1.29, 1.82) is 0 Å². The summed E-state index contributed by atoms with van der Waals surface area (Å²) in [5.74, 6) is -0.0293. The van der Waals surface area contributed by atoms with E-state index in [1.807, 2.05) is 53.4 Å². The van der Waals surface area contributed by atoms with Crippen LogP contribution in [0.5, 0.6) is 0 Å². The Kier molecular flexibility index (Phi) is 3.45. The molecule has 1 aliphatic rings. The highest BCUT2D eigenvalue weighted by molar-refractivity contribution is 6.07. The van der Waals surface area contributed by atoms with Crippen LogP contribution >= 0.6 is 0 Å². The number of aromatic amines is 1. The highest BCUT2D eigenvalue weighted by Crippen LogP contribution is 2.33. The van der Waals surface area contributed by atoms with Crippen LogP contribution < -0.4 is 4.90 Å². The van der Waals surface area contributed by atoms with Gasteiger partial charge in [0, 0.05) is 17.3 Å². The van der Waals surface area contributed by atoms with Gasteiger partial charge >= 0.3 is 0 Å². The number of hydrogen-bond acceptors (Lipinski definition) is 2. The summed E-state index contributed by atoms with van der Waals surface area (Å²) in [6, 6.07) is 18.2. The Morgan fingerprint density at radius 1 is 1.17 bits per heavy atom. The first-order valence-electron chi connectivity index (χ1n) is 8.17. The molecule has 0 aliphatic carbocycles. The Morgan fingerprint density at radius 3 is 2.71 bits per heavy atom. The fourth-order valence-corrected chi connectivity index (χ4v) is 3.31. The van der Waals surface area contributed by atoms with E-state index in [0.717, 1.165) is 23.4 Å². The van der Waals surface area contributed by atoms with Crippen molar-refractivity contribution in [1.82, 2.24) is 10.2 Å². The first-order valence-corrected chi connectivity index (χ1v) is 8.17. The van der Waals surface area contributed by atoms with Gasteiger partial charge in [0.05, 0.1) is 5.69 Å². The molecule has 1 aliphatic heterocycles. The number of fused-ring (bicyclic) bond motifs is 1. The highest BCUT2D eigenvalue weighted by Gasteiger charge is 2.32. The van der Waals surface area contributed by atoms with Gasteiger partial charge in [0.25, 0.3) is 5.91 Å². The SMILES string of the molecule is Cc1ccc(-c2cc(C(=O)N3c4ccccc4C[C@@H]3C)[nH]n2)cc1. The summed E-state index contributed by atoms with van der Waals surface area (Å²) in [7, 11) is 0. The predicted octanol–water partition coefficient (Wildman–Crippen LogP) is 3.98. The topological polar surface area (TPSA) is 49.0 Å². The van der Waals surface area contributed by atoms with Crippen LogP contribution in [0.1, 0.15) is 28.5 Å². The van der Waals surface area contributed by atoms with Gasteiger partial charge in [-0.2, -0.15) is 5.10 Å². The van der Waals surface area contributed by atoms with Crippen LogP contribution in [0.15, 0.2) is 54.6 Å². The highest BCUT2D eigenvalue weighted by atomic mass is 16.2. The molecule has 1 amide bonds. The molecular weight excluding hydrogens is 298 g/mol. The number of hydrogen-bond donors (Lipinski definition) is 1. The van der Waals surface area contributed by atoms with Crippen LogP contribution in [0.25, 0.3) is 11.3 Å². The maximum Gasteiger partial charge on any atom is 0.276 e. The number of benzene rings is 2. The van der Waals surface area contributed by atoms with Crippen molar-refractivity contribution in [3.05, 3.63) is 71.4 Å². The number of carbonyl (C=O) groups excluding carboxylic acids is 1. The van der Waals surface area contributed by atoms with E-state index < -0.39 is 0 Å². The molecule has 2 aromatic carbocycles. The van der Waals surface area contributed by atoms with Gasteiger partial charge in [-0.05, 0) is 38.0 Å². The zero-order valence-electron chi connectivity index (χ0n) is 13.8. The second-order valence-electron chi connectivity index (χ2n) is 6.39. The van der Waals surface area contributed by atoms with Gasteiger partial charge in [-0.3, -0.25) is 9.89 Å². The fraction of sp³-hybridized carbons (Fsp3) is 0.200. The number of nitrogens with one attached hydrogen (secondary N) is 1. The maximum atomic E-state index is 13.0. The van der Waals surface area contributed by atoms with E-state index in [9.17, 15) is 4.79 Å². The number of nitrogens with zero attached hydrogens (tertiary/aromatic N) is 2. The Labute approximate surface area is 141 Å². The van der Waals surface area contributed by atoms with Crippen molar-refractivity contribution in [2.24, 2.45) is 0 Å². The number of H-pyrrole nitrogens is 1. The third-order valence-corrected chi connectivity index (χ3v) is 4.58.